The molecule has 0 heterocycles. The van der Waals surface area contributed by atoms with Crippen molar-refractivity contribution in [2.75, 3.05) is 7.05 Å². The Hall–Kier alpha value is -1.83. The molecule has 0 radical (unpaired) electrons. The standard InChI is InChI=1S/C17H22FN/c1-5-9-17(18)15(6-2)16-11-8-7-10-14(16)12-13(3)19-4/h6-11,19H,3,5,12H2,1-2,4H3/b15-6-,17-9+. The summed E-state index contributed by atoms with van der Waals surface area (Å²) in [5.41, 5.74) is 3.59. The lowest BCUT2D eigenvalue weighted by molar-refractivity contribution is 0.667. The summed E-state index contributed by atoms with van der Waals surface area (Å²) in [6.45, 7) is 7.73. The quantitative estimate of drug-likeness (QED) is 0.734. The predicted octanol–water partition coefficient (Wildman–Crippen LogP) is 4.63. The summed E-state index contributed by atoms with van der Waals surface area (Å²) in [7, 11) is 1.85. The number of likely N-dealkylation sites (N-methyl/N-ethyl adjacent to an activating group) is 1. The second-order valence-corrected chi connectivity index (χ2v) is 4.35. The van der Waals surface area contributed by atoms with Gasteiger partial charge in [0.15, 0.2) is 0 Å². The zero-order valence-corrected chi connectivity index (χ0v) is 12.0. The van der Waals surface area contributed by atoms with E-state index in [0.29, 0.717) is 18.4 Å². The molecule has 0 atom stereocenters. The Morgan fingerprint density at radius 1 is 1.37 bits per heavy atom. The normalized spacial score (nSPS) is 12.4. The second-order valence-electron chi connectivity index (χ2n) is 4.35. The van der Waals surface area contributed by atoms with Gasteiger partial charge in [0.1, 0.15) is 5.83 Å². The van der Waals surface area contributed by atoms with E-state index in [1.165, 1.54) is 0 Å². The molecular formula is C17H22FN. The van der Waals surface area contributed by atoms with Crippen molar-refractivity contribution in [3.05, 3.63) is 65.6 Å². The third-order valence-electron chi connectivity index (χ3n) is 2.99. The third kappa shape index (κ3) is 4.09. The van der Waals surface area contributed by atoms with Crippen LogP contribution in [0.25, 0.3) is 5.57 Å². The van der Waals surface area contributed by atoms with Gasteiger partial charge in [-0.05, 0) is 30.5 Å². The van der Waals surface area contributed by atoms with Crippen molar-refractivity contribution >= 4 is 5.57 Å². The van der Waals surface area contributed by atoms with Gasteiger partial charge in [0.05, 0.1) is 0 Å². The predicted molar refractivity (Wildman–Crippen MR) is 81.5 cm³/mol. The summed E-state index contributed by atoms with van der Waals surface area (Å²) in [5.74, 6) is -0.160. The van der Waals surface area contributed by atoms with Crippen LogP contribution in [-0.2, 0) is 6.42 Å². The highest BCUT2D eigenvalue weighted by Crippen LogP contribution is 2.28. The summed E-state index contributed by atoms with van der Waals surface area (Å²) in [5, 5.41) is 3.03. The Morgan fingerprint density at radius 2 is 2.05 bits per heavy atom. The molecule has 19 heavy (non-hydrogen) atoms. The first-order chi connectivity index (χ1) is 9.13. The van der Waals surface area contributed by atoms with Gasteiger partial charge in [0, 0.05) is 24.7 Å². The minimum atomic E-state index is -0.160. The molecule has 0 unspecified atom stereocenters. The molecule has 1 aromatic rings. The largest absolute Gasteiger partial charge is 0.392 e. The molecule has 2 heteroatoms. The fourth-order valence-corrected chi connectivity index (χ4v) is 1.97. The molecule has 0 saturated carbocycles. The fraction of sp³-hybridized carbons (Fsp3) is 0.294. The van der Waals surface area contributed by atoms with Crippen molar-refractivity contribution in [2.24, 2.45) is 0 Å². The highest BCUT2D eigenvalue weighted by atomic mass is 19.1. The first-order valence-corrected chi connectivity index (χ1v) is 6.60. The summed E-state index contributed by atoms with van der Waals surface area (Å²) in [6.07, 6.45) is 4.82. The summed E-state index contributed by atoms with van der Waals surface area (Å²) < 4.78 is 14.1. The van der Waals surface area contributed by atoms with Gasteiger partial charge in [-0.3, -0.25) is 0 Å². The Bertz CT molecular complexity index is 498. The lowest BCUT2D eigenvalue weighted by Crippen LogP contribution is -2.08. The molecule has 1 nitrogen and oxygen atoms in total. The van der Waals surface area contributed by atoms with E-state index in [-0.39, 0.29) is 5.83 Å². The SMILES string of the molecule is C=C(Cc1ccccc1C(=C/C)/C(F)=C\CC)NC. The Kier molecular flexibility index (Phi) is 6.07. The fourth-order valence-electron chi connectivity index (χ4n) is 1.97. The van der Waals surface area contributed by atoms with Gasteiger partial charge in [0.25, 0.3) is 0 Å². The summed E-state index contributed by atoms with van der Waals surface area (Å²) >= 11 is 0. The van der Waals surface area contributed by atoms with Gasteiger partial charge in [-0.2, -0.15) is 0 Å². The van der Waals surface area contributed by atoms with Crippen molar-refractivity contribution in [1.29, 1.82) is 0 Å². The van der Waals surface area contributed by atoms with E-state index in [4.69, 9.17) is 0 Å². The van der Waals surface area contributed by atoms with Crippen LogP contribution in [0.1, 0.15) is 31.4 Å². The molecule has 1 aromatic carbocycles. The van der Waals surface area contributed by atoms with Crippen molar-refractivity contribution in [3.63, 3.8) is 0 Å². The molecule has 0 fully saturated rings. The molecule has 0 aliphatic carbocycles. The monoisotopic (exact) mass is 259 g/mol. The molecule has 0 bridgehead atoms. The molecule has 1 N–H and O–H groups in total. The molecule has 0 amide bonds. The Balaban J connectivity index is 3.18. The molecule has 0 aliphatic rings. The maximum Gasteiger partial charge on any atom is 0.126 e. The van der Waals surface area contributed by atoms with Crippen molar-refractivity contribution in [1.82, 2.24) is 5.32 Å². The van der Waals surface area contributed by atoms with Crippen molar-refractivity contribution in [2.45, 2.75) is 26.7 Å². The molecule has 0 spiro atoms. The van der Waals surface area contributed by atoms with E-state index < -0.39 is 0 Å². The number of hydrogen-bond acceptors (Lipinski definition) is 1. The van der Waals surface area contributed by atoms with Gasteiger partial charge in [-0.15, -0.1) is 0 Å². The highest BCUT2D eigenvalue weighted by Gasteiger charge is 2.11. The van der Waals surface area contributed by atoms with Crippen molar-refractivity contribution < 1.29 is 4.39 Å². The van der Waals surface area contributed by atoms with Crippen LogP contribution in [0, 0.1) is 0 Å². The van der Waals surface area contributed by atoms with E-state index in [1.54, 1.807) is 6.08 Å². The molecule has 102 valence electrons. The summed E-state index contributed by atoms with van der Waals surface area (Å²) in [6, 6.07) is 7.87. The highest BCUT2D eigenvalue weighted by molar-refractivity contribution is 5.78. The van der Waals surface area contributed by atoms with Crippen LogP contribution in [-0.4, -0.2) is 7.05 Å². The molecule has 1 rings (SSSR count). The zero-order valence-electron chi connectivity index (χ0n) is 12.0. The number of benzene rings is 1. The van der Waals surface area contributed by atoms with Crippen LogP contribution in [0.15, 0.2) is 54.5 Å². The topological polar surface area (TPSA) is 12.0 Å². The van der Waals surface area contributed by atoms with E-state index in [0.717, 1.165) is 16.8 Å². The lowest BCUT2D eigenvalue weighted by atomic mass is 9.95. The maximum absolute atomic E-state index is 14.1. The van der Waals surface area contributed by atoms with E-state index in [9.17, 15) is 4.39 Å². The minimum Gasteiger partial charge on any atom is -0.392 e. The van der Waals surface area contributed by atoms with Crippen LogP contribution in [0.3, 0.4) is 0 Å². The first-order valence-electron chi connectivity index (χ1n) is 6.60. The molecule has 0 aromatic heterocycles. The lowest BCUT2D eigenvalue weighted by Gasteiger charge is -2.13. The van der Waals surface area contributed by atoms with Gasteiger partial charge in [0.2, 0.25) is 0 Å². The zero-order chi connectivity index (χ0) is 14.3. The van der Waals surface area contributed by atoms with Gasteiger partial charge < -0.3 is 5.32 Å². The summed E-state index contributed by atoms with van der Waals surface area (Å²) in [4.78, 5) is 0. The van der Waals surface area contributed by atoms with Crippen LogP contribution < -0.4 is 5.32 Å². The van der Waals surface area contributed by atoms with Crippen LogP contribution in [0.2, 0.25) is 0 Å². The molecular weight excluding hydrogens is 237 g/mol. The average molecular weight is 259 g/mol. The van der Waals surface area contributed by atoms with Gasteiger partial charge in [-0.25, -0.2) is 4.39 Å². The first kappa shape index (κ1) is 15.2. The Morgan fingerprint density at radius 3 is 2.63 bits per heavy atom. The number of hydrogen-bond donors (Lipinski definition) is 1. The number of allylic oxidation sites excluding steroid dienone is 5. The minimum absolute atomic E-state index is 0.160. The van der Waals surface area contributed by atoms with Gasteiger partial charge in [-0.1, -0.05) is 43.8 Å². The van der Waals surface area contributed by atoms with Gasteiger partial charge >= 0.3 is 0 Å². The van der Waals surface area contributed by atoms with Crippen LogP contribution in [0.5, 0.6) is 0 Å². The van der Waals surface area contributed by atoms with E-state index >= 15 is 0 Å². The van der Waals surface area contributed by atoms with Crippen LogP contribution in [0.4, 0.5) is 4.39 Å². The third-order valence-corrected chi connectivity index (χ3v) is 2.99. The van der Waals surface area contributed by atoms with E-state index in [1.807, 2.05) is 51.2 Å². The molecule has 0 aliphatic heterocycles. The number of nitrogens with one attached hydrogen (secondary N) is 1. The Labute approximate surface area is 115 Å². The van der Waals surface area contributed by atoms with Crippen molar-refractivity contribution in [3.8, 4) is 0 Å². The second kappa shape index (κ2) is 7.57. The number of rotatable bonds is 6. The van der Waals surface area contributed by atoms with Crippen LogP contribution >= 0.6 is 0 Å². The van der Waals surface area contributed by atoms with E-state index in [2.05, 4.69) is 11.9 Å². The average Bonchev–Trinajstić information content (AvgIpc) is 2.41. The maximum atomic E-state index is 14.1. The number of halogens is 1. The smallest absolute Gasteiger partial charge is 0.126 e. The molecule has 0 saturated heterocycles.